The Kier molecular flexibility index (Phi) is 4.16. The van der Waals surface area contributed by atoms with Crippen LogP contribution >= 0.6 is 0 Å². The second kappa shape index (κ2) is 6.26. The van der Waals surface area contributed by atoms with Crippen molar-refractivity contribution in [1.29, 1.82) is 0 Å². The number of hydrogen-bond donors (Lipinski definition) is 2. The first-order valence-corrected chi connectivity index (χ1v) is 7.56. The van der Waals surface area contributed by atoms with E-state index in [0.717, 1.165) is 13.1 Å². The summed E-state index contributed by atoms with van der Waals surface area (Å²) in [6.45, 7) is 2.64. The number of amides is 2. The zero-order chi connectivity index (χ0) is 16.4. The van der Waals surface area contributed by atoms with Crippen molar-refractivity contribution >= 4 is 28.3 Å². The van der Waals surface area contributed by atoms with Crippen molar-refractivity contribution in [1.82, 2.24) is 9.80 Å². The molecule has 6 nitrogen and oxygen atoms in total. The first kappa shape index (κ1) is 15.3. The zero-order valence-electron chi connectivity index (χ0n) is 13.0. The molecule has 0 aliphatic carbocycles. The Morgan fingerprint density at radius 3 is 2.39 bits per heavy atom. The highest BCUT2D eigenvalue weighted by Gasteiger charge is 2.25. The van der Waals surface area contributed by atoms with Crippen molar-refractivity contribution in [3.63, 3.8) is 0 Å². The number of carbonyl (C=O) groups is 2. The second-order valence-corrected chi connectivity index (χ2v) is 5.73. The molecule has 0 atom stereocenters. The van der Waals surface area contributed by atoms with E-state index in [1.807, 2.05) is 7.05 Å². The number of nitrogens with zero attached hydrogens (tertiary/aromatic N) is 2. The standard InChI is InChI=1S/C17H19N3O3/c1-19-8-10-20(11-9-19)17(23)16(22)18-14-6-2-5-13-12(14)4-3-7-15(13)21/h2-7,21H,8-11H2,1H3,(H,18,22). The molecular weight excluding hydrogens is 294 g/mol. The minimum Gasteiger partial charge on any atom is -0.507 e. The number of fused-ring (bicyclic) bond motifs is 1. The van der Waals surface area contributed by atoms with Gasteiger partial charge in [0.25, 0.3) is 0 Å². The summed E-state index contributed by atoms with van der Waals surface area (Å²) >= 11 is 0. The summed E-state index contributed by atoms with van der Waals surface area (Å²) in [7, 11) is 1.99. The molecule has 6 heteroatoms. The molecule has 1 aliphatic heterocycles. The van der Waals surface area contributed by atoms with E-state index in [9.17, 15) is 14.7 Å². The Morgan fingerprint density at radius 2 is 1.65 bits per heavy atom. The number of hydrogen-bond acceptors (Lipinski definition) is 4. The predicted molar refractivity (Wildman–Crippen MR) is 88.3 cm³/mol. The lowest BCUT2D eigenvalue weighted by Gasteiger charge is -2.31. The highest BCUT2D eigenvalue weighted by molar-refractivity contribution is 6.40. The lowest BCUT2D eigenvalue weighted by Crippen LogP contribution is -2.50. The molecule has 1 saturated heterocycles. The minimum absolute atomic E-state index is 0.143. The van der Waals surface area contributed by atoms with Gasteiger partial charge in [-0.25, -0.2) is 0 Å². The molecule has 0 aromatic heterocycles. The van der Waals surface area contributed by atoms with Gasteiger partial charge in [-0.2, -0.15) is 0 Å². The predicted octanol–water partition coefficient (Wildman–Crippen LogP) is 1.26. The summed E-state index contributed by atoms with van der Waals surface area (Å²) in [5.41, 5.74) is 0.519. The number of rotatable bonds is 1. The van der Waals surface area contributed by atoms with E-state index in [2.05, 4.69) is 10.2 Å². The molecule has 1 aliphatic rings. The van der Waals surface area contributed by atoms with Crippen molar-refractivity contribution in [2.24, 2.45) is 0 Å². The van der Waals surface area contributed by atoms with Gasteiger partial charge in [0.05, 0.1) is 0 Å². The summed E-state index contributed by atoms with van der Waals surface area (Å²) in [4.78, 5) is 28.2. The number of phenols is 1. The molecule has 1 heterocycles. The first-order chi connectivity index (χ1) is 11.1. The van der Waals surface area contributed by atoms with Crippen LogP contribution in [0.4, 0.5) is 5.69 Å². The lowest BCUT2D eigenvalue weighted by molar-refractivity contribution is -0.144. The van der Waals surface area contributed by atoms with Crippen LogP contribution in [0.15, 0.2) is 36.4 Å². The molecule has 23 heavy (non-hydrogen) atoms. The summed E-state index contributed by atoms with van der Waals surface area (Å²) < 4.78 is 0. The zero-order valence-corrected chi connectivity index (χ0v) is 13.0. The van der Waals surface area contributed by atoms with Gasteiger partial charge in [-0.1, -0.05) is 24.3 Å². The van der Waals surface area contributed by atoms with Gasteiger partial charge in [0, 0.05) is 42.6 Å². The van der Waals surface area contributed by atoms with Gasteiger partial charge in [0.2, 0.25) is 0 Å². The molecule has 2 aromatic rings. The normalized spacial score (nSPS) is 15.6. The SMILES string of the molecule is CN1CCN(C(=O)C(=O)Nc2cccc3c(O)cccc23)CC1. The lowest BCUT2D eigenvalue weighted by atomic mass is 10.1. The van der Waals surface area contributed by atoms with Crippen molar-refractivity contribution in [3.05, 3.63) is 36.4 Å². The van der Waals surface area contributed by atoms with Gasteiger partial charge in [-0.05, 0) is 19.2 Å². The van der Waals surface area contributed by atoms with Crippen LogP contribution in [0.25, 0.3) is 10.8 Å². The Bertz CT molecular complexity index is 752. The largest absolute Gasteiger partial charge is 0.507 e. The van der Waals surface area contributed by atoms with E-state index in [-0.39, 0.29) is 5.75 Å². The third kappa shape index (κ3) is 3.12. The van der Waals surface area contributed by atoms with Gasteiger partial charge in [0.1, 0.15) is 5.75 Å². The van der Waals surface area contributed by atoms with Crippen LogP contribution in [0.2, 0.25) is 0 Å². The molecule has 0 radical (unpaired) electrons. The van der Waals surface area contributed by atoms with Gasteiger partial charge in [-0.15, -0.1) is 0 Å². The Hall–Kier alpha value is -2.60. The molecule has 0 saturated carbocycles. The van der Waals surface area contributed by atoms with Crippen LogP contribution in [0.3, 0.4) is 0 Å². The van der Waals surface area contributed by atoms with E-state index in [4.69, 9.17) is 0 Å². The van der Waals surface area contributed by atoms with Gasteiger partial charge >= 0.3 is 11.8 Å². The highest BCUT2D eigenvalue weighted by Crippen LogP contribution is 2.29. The maximum absolute atomic E-state index is 12.3. The van der Waals surface area contributed by atoms with Gasteiger partial charge in [0.15, 0.2) is 0 Å². The topological polar surface area (TPSA) is 72.9 Å². The average Bonchev–Trinajstić information content (AvgIpc) is 2.56. The molecule has 120 valence electrons. The van der Waals surface area contributed by atoms with Crippen molar-refractivity contribution in [3.8, 4) is 5.75 Å². The molecule has 3 rings (SSSR count). The van der Waals surface area contributed by atoms with Gasteiger partial charge < -0.3 is 20.2 Å². The van der Waals surface area contributed by atoms with Crippen LogP contribution < -0.4 is 5.32 Å². The summed E-state index contributed by atoms with van der Waals surface area (Å²) in [5.74, 6) is -1.02. The van der Waals surface area contributed by atoms with E-state index in [1.54, 1.807) is 41.3 Å². The number of carbonyl (C=O) groups excluding carboxylic acids is 2. The van der Waals surface area contributed by atoms with Crippen molar-refractivity contribution in [2.75, 3.05) is 38.5 Å². The Morgan fingerprint density at radius 1 is 1.00 bits per heavy atom. The highest BCUT2D eigenvalue weighted by atomic mass is 16.3. The summed E-state index contributed by atoms with van der Waals surface area (Å²) in [6.07, 6.45) is 0. The molecule has 0 spiro atoms. The van der Waals surface area contributed by atoms with Crippen molar-refractivity contribution in [2.45, 2.75) is 0 Å². The molecule has 2 aromatic carbocycles. The van der Waals surface area contributed by atoms with Crippen LogP contribution in [0.1, 0.15) is 0 Å². The second-order valence-electron chi connectivity index (χ2n) is 5.73. The fourth-order valence-corrected chi connectivity index (χ4v) is 2.73. The van der Waals surface area contributed by atoms with Crippen LogP contribution in [-0.4, -0.2) is 59.9 Å². The van der Waals surface area contributed by atoms with E-state index in [0.29, 0.717) is 29.5 Å². The molecule has 0 bridgehead atoms. The monoisotopic (exact) mass is 313 g/mol. The molecule has 0 unspecified atom stereocenters. The Balaban J connectivity index is 1.78. The molecule has 2 amide bonds. The number of nitrogens with one attached hydrogen (secondary N) is 1. The third-order valence-corrected chi connectivity index (χ3v) is 4.13. The van der Waals surface area contributed by atoms with Gasteiger partial charge in [-0.3, -0.25) is 9.59 Å². The summed E-state index contributed by atoms with van der Waals surface area (Å²) in [6, 6.07) is 10.3. The smallest absolute Gasteiger partial charge is 0.313 e. The average molecular weight is 313 g/mol. The fourth-order valence-electron chi connectivity index (χ4n) is 2.73. The Labute approximate surface area is 134 Å². The first-order valence-electron chi connectivity index (χ1n) is 7.56. The number of aromatic hydroxyl groups is 1. The quantitative estimate of drug-likeness (QED) is 0.778. The molecular formula is C17H19N3O3. The number of benzene rings is 2. The maximum atomic E-state index is 12.3. The third-order valence-electron chi connectivity index (χ3n) is 4.13. The van der Waals surface area contributed by atoms with Crippen LogP contribution in [-0.2, 0) is 9.59 Å². The number of anilines is 1. The van der Waals surface area contributed by atoms with Crippen LogP contribution in [0.5, 0.6) is 5.75 Å². The van der Waals surface area contributed by atoms with Crippen molar-refractivity contribution < 1.29 is 14.7 Å². The number of piperazine rings is 1. The maximum Gasteiger partial charge on any atom is 0.313 e. The number of likely N-dealkylation sites (N-methyl/N-ethyl adjacent to an activating group) is 1. The minimum atomic E-state index is -0.648. The van der Waals surface area contributed by atoms with E-state index < -0.39 is 11.8 Å². The molecule has 2 N–H and O–H groups in total. The molecule has 1 fully saturated rings. The summed E-state index contributed by atoms with van der Waals surface area (Å²) in [5, 5.41) is 13.9. The number of phenolic OH excluding ortho intramolecular Hbond substituents is 1. The van der Waals surface area contributed by atoms with Crippen LogP contribution in [0, 0.1) is 0 Å². The fraction of sp³-hybridized carbons (Fsp3) is 0.294. The van der Waals surface area contributed by atoms with E-state index in [1.165, 1.54) is 0 Å². The van der Waals surface area contributed by atoms with E-state index >= 15 is 0 Å².